The van der Waals surface area contributed by atoms with Gasteiger partial charge in [-0.1, -0.05) is 26.5 Å². The zero-order chi connectivity index (χ0) is 11.0. The molecule has 0 atom stereocenters. The molecule has 4 nitrogen and oxygen atoms in total. The highest BCUT2D eigenvalue weighted by Gasteiger charge is 2.19. The molecule has 0 saturated heterocycles. The molecule has 0 aromatic rings. The van der Waals surface area contributed by atoms with Gasteiger partial charge in [-0.3, -0.25) is 0 Å². The van der Waals surface area contributed by atoms with Crippen LogP contribution in [0.5, 0.6) is 0 Å². The fraction of sp³-hybridized carbons (Fsp3) is 0.333. The largest absolute Gasteiger partial charge is 0.484 e. The lowest BCUT2D eigenvalue weighted by molar-refractivity contribution is -0.134. The third-order valence-corrected chi connectivity index (χ3v) is 3.39. The lowest BCUT2D eigenvalue weighted by atomic mass is 10.6. The van der Waals surface area contributed by atoms with Gasteiger partial charge in [0.1, 0.15) is 0 Å². The van der Waals surface area contributed by atoms with E-state index in [2.05, 4.69) is 13.2 Å². The normalized spacial score (nSPS) is 9.29. The van der Waals surface area contributed by atoms with Gasteiger partial charge in [0.05, 0.1) is 0 Å². The van der Waals surface area contributed by atoms with Crippen LogP contribution in [-0.4, -0.2) is 21.2 Å². The summed E-state index contributed by atoms with van der Waals surface area (Å²) < 4.78 is 9.81. The molecular weight excluding hydrogens is 200 g/mol. The summed E-state index contributed by atoms with van der Waals surface area (Å²) >= 11 is 0. The van der Waals surface area contributed by atoms with Crippen LogP contribution in [-0.2, 0) is 18.4 Å². The third-order valence-electron chi connectivity index (χ3n) is 1.35. The van der Waals surface area contributed by atoms with Gasteiger partial charge in [-0.05, 0) is 0 Å². The van der Waals surface area contributed by atoms with Crippen molar-refractivity contribution in [2.75, 3.05) is 0 Å². The molecule has 0 bridgehead atoms. The molecule has 14 heavy (non-hydrogen) atoms. The van der Waals surface area contributed by atoms with Crippen molar-refractivity contribution >= 4 is 21.2 Å². The summed E-state index contributed by atoms with van der Waals surface area (Å²) in [5.74, 6) is -1.10. The van der Waals surface area contributed by atoms with Crippen molar-refractivity contribution in [2.45, 2.75) is 19.4 Å². The van der Waals surface area contributed by atoms with Crippen molar-refractivity contribution in [3.63, 3.8) is 0 Å². The van der Waals surface area contributed by atoms with E-state index in [9.17, 15) is 9.59 Å². The van der Waals surface area contributed by atoms with Crippen LogP contribution in [0.4, 0.5) is 0 Å². The van der Waals surface area contributed by atoms with Gasteiger partial charge in [0.25, 0.3) is 0 Å². The Labute approximate surface area is 85.1 Å². The maximum atomic E-state index is 10.8. The van der Waals surface area contributed by atoms with Crippen LogP contribution in [0.3, 0.4) is 0 Å². The topological polar surface area (TPSA) is 52.6 Å². The first-order valence-electron chi connectivity index (χ1n) is 4.30. The van der Waals surface area contributed by atoms with Crippen molar-refractivity contribution in [3.05, 3.63) is 25.3 Å². The summed E-state index contributed by atoms with van der Waals surface area (Å²) in [6.07, 6.45) is 2.90. The van der Waals surface area contributed by atoms with Crippen molar-refractivity contribution < 1.29 is 18.4 Å². The SMILES string of the molecule is C=CC(=O)O[SiH](CCC)OC(=O)C=C. The summed E-state index contributed by atoms with van der Waals surface area (Å²) in [6, 6.07) is 0.596. The number of hydrogen-bond acceptors (Lipinski definition) is 4. The average Bonchev–Trinajstić information content (AvgIpc) is 2.17. The highest BCUT2D eigenvalue weighted by atomic mass is 28.3. The minimum absolute atomic E-state index is 0.549. The second kappa shape index (κ2) is 7.08. The van der Waals surface area contributed by atoms with Crippen LogP contribution >= 0.6 is 0 Å². The Kier molecular flexibility index (Phi) is 6.39. The fourth-order valence-corrected chi connectivity index (χ4v) is 2.20. The molecule has 0 spiro atoms. The zero-order valence-corrected chi connectivity index (χ0v) is 9.35. The predicted octanol–water partition coefficient (Wildman–Crippen LogP) is 1.08. The van der Waals surface area contributed by atoms with E-state index >= 15 is 0 Å². The number of hydrogen-bond donors (Lipinski definition) is 0. The van der Waals surface area contributed by atoms with E-state index < -0.39 is 21.2 Å². The number of rotatable bonds is 6. The molecule has 0 aromatic heterocycles. The highest BCUT2D eigenvalue weighted by Crippen LogP contribution is 2.02. The zero-order valence-electron chi connectivity index (χ0n) is 8.19. The van der Waals surface area contributed by atoms with E-state index in [0.717, 1.165) is 18.6 Å². The second-order valence-corrected chi connectivity index (χ2v) is 4.41. The molecule has 0 saturated carbocycles. The van der Waals surface area contributed by atoms with Gasteiger partial charge in [0, 0.05) is 18.2 Å². The Morgan fingerprint density at radius 3 is 1.93 bits per heavy atom. The molecule has 0 heterocycles. The first-order valence-corrected chi connectivity index (χ1v) is 6.06. The summed E-state index contributed by atoms with van der Waals surface area (Å²) in [4.78, 5) is 21.7. The molecule has 0 rings (SSSR count). The summed E-state index contributed by atoms with van der Waals surface area (Å²) in [5, 5.41) is 0. The molecule has 0 aliphatic rings. The fourth-order valence-electron chi connectivity index (χ4n) is 0.733. The number of carbonyl (C=O) groups is 2. The van der Waals surface area contributed by atoms with Gasteiger partial charge in [0.2, 0.25) is 0 Å². The van der Waals surface area contributed by atoms with Crippen LogP contribution in [0.2, 0.25) is 6.04 Å². The van der Waals surface area contributed by atoms with Crippen molar-refractivity contribution in [1.82, 2.24) is 0 Å². The predicted molar refractivity (Wildman–Crippen MR) is 54.8 cm³/mol. The Bertz CT molecular complexity index is 215. The molecule has 0 aliphatic carbocycles. The lowest BCUT2D eigenvalue weighted by Crippen LogP contribution is -2.27. The lowest BCUT2D eigenvalue weighted by Gasteiger charge is -2.13. The van der Waals surface area contributed by atoms with E-state index in [1.54, 1.807) is 0 Å². The van der Waals surface area contributed by atoms with Gasteiger partial charge < -0.3 is 8.85 Å². The molecule has 0 fully saturated rings. The minimum Gasteiger partial charge on any atom is -0.484 e. The molecule has 0 aliphatic heterocycles. The molecule has 0 N–H and O–H groups in total. The molecule has 0 unspecified atom stereocenters. The summed E-state index contributed by atoms with van der Waals surface area (Å²) in [7, 11) is -2.23. The van der Waals surface area contributed by atoms with E-state index in [1.807, 2.05) is 6.92 Å². The molecular formula is C9H14O4Si. The van der Waals surface area contributed by atoms with Crippen molar-refractivity contribution in [1.29, 1.82) is 0 Å². The summed E-state index contributed by atoms with van der Waals surface area (Å²) in [5.41, 5.74) is 0. The Balaban J connectivity index is 4.13. The minimum atomic E-state index is -2.23. The highest BCUT2D eigenvalue weighted by molar-refractivity contribution is 6.49. The van der Waals surface area contributed by atoms with Crippen LogP contribution in [0, 0.1) is 0 Å². The monoisotopic (exact) mass is 214 g/mol. The average molecular weight is 214 g/mol. The van der Waals surface area contributed by atoms with E-state index in [1.165, 1.54) is 0 Å². The first kappa shape index (κ1) is 12.6. The molecule has 5 heteroatoms. The quantitative estimate of drug-likeness (QED) is 0.490. The Morgan fingerprint density at radius 2 is 1.64 bits per heavy atom. The van der Waals surface area contributed by atoms with E-state index in [0.29, 0.717) is 6.04 Å². The molecule has 78 valence electrons. The van der Waals surface area contributed by atoms with Crippen molar-refractivity contribution in [2.24, 2.45) is 0 Å². The second-order valence-electron chi connectivity index (χ2n) is 2.50. The molecule has 0 radical (unpaired) electrons. The third kappa shape index (κ3) is 5.31. The molecule has 0 amide bonds. The van der Waals surface area contributed by atoms with Gasteiger partial charge in [-0.25, -0.2) is 9.59 Å². The first-order chi connectivity index (χ1) is 6.63. The van der Waals surface area contributed by atoms with Crippen LogP contribution in [0.25, 0.3) is 0 Å². The maximum Gasteiger partial charge on any atom is 0.448 e. The Morgan fingerprint density at radius 1 is 1.21 bits per heavy atom. The Hall–Kier alpha value is -1.36. The standard InChI is InChI=1S/C9H14O4Si/c1-4-7-14(12-8(10)5-2)13-9(11)6-3/h5-6,14H,2-4,7H2,1H3. The van der Waals surface area contributed by atoms with Crippen LogP contribution < -0.4 is 0 Å². The maximum absolute atomic E-state index is 10.8. The van der Waals surface area contributed by atoms with E-state index in [-0.39, 0.29) is 0 Å². The van der Waals surface area contributed by atoms with E-state index in [4.69, 9.17) is 8.85 Å². The van der Waals surface area contributed by atoms with Crippen molar-refractivity contribution in [3.8, 4) is 0 Å². The van der Waals surface area contributed by atoms with Gasteiger partial charge >= 0.3 is 21.2 Å². The smallest absolute Gasteiger partial charge is 0.448 e. The van der Waals surface area contributed by atoms with Crippen LogP contribution in [0.1, 0.15) is 13.3 Å². The van der Waals surface area contributed by atoms with Gasteiger partial charge in [0.15, 0.2) is 0 Å². The summed E-state index contributed by atoms with van der Waals surface area (Å²) in [6.45, 7) is 8.44. The van der Waals surface area contributed by atoms with Gasteiger partial charge in [-0.15, -0.1) is 0 Å². The number of carbonyl (C=O) groups excluding carboxylic acids is 2. The molecule has 0 aromatic carbocycles. The van der Waals surface area contributed by atoms with Gasteiger partial charge in [-0.2, -0.15) is 0 Å². The van der Waals surface area contributed by atoms with Crippen LogP contribution in [0.15, 0.2) is 25.3 Å².